The van der Waals surface area contributed by atoms with Gasteiger partial charge in [0.05, 0.1) is 12.4 Å². The monoisotopic (exact) mass is 363 g/mol. The molecule has 24 heavy (non-hydrogen) atoms. The van der Waals surface area contributed by atoms with Crippen molar-refractivity contribution in [3.8, 4) is 0 Å². The molecule has 0 aromatic carbocycles. The van der Waals surface area contributed by atoms with Gasteiger partial charge < -0.3 is 4.90 Å². The highest BCUT2D eigenvalue weighted by Crippen LogP contribution is 2.12. The van der Waals surface area contributed by atoms with E-state index in [4.69, 9.17) is 4.18 Å². The quantitative estimate of drug-likeness (QED) is 0.254. The van der Waals surface area contributed by atoms with Crippen molar-refractivity contribution in [2.45, 2.75) is 90.4 Å². The fraction of sp³-hybridized carbons (Fsp3) is 1.00. The molecule has 0 saturated carbocycles. The molecule has 4 nitrogen and oxygen atoms in total. The maximum Gasteiger partial charge on any atom is 0.267 e. The largest absolute Gasteiger partial charge is 0.309 e. The summed E-state index contributed by atoms with van der Waals surface area (Å²) in [4.78, 5) is 1.99. The van der Waals surface area contributed by atoms with E-state index in [1.165, 1.54) is 64.2 Å². The average molecular weight is 364 g/mol. The van der Waals surface area contributed by atoms with Crippen molar-refractivity contribution in [1.82, 2.24) is 4.90 Å². The van der Waals surface area contributed by atoms with Gasteiger partial charge in [0.25, 0.3) is 10.1 Å². The van der Waals surface area contributed by atoms with E-state index in [1.54, 1.807) is 0 Å². The first-order valence-electron chi connectivity index (χ1n) is 10.00. The normalized spacial score (nSPS) is 12.2. The average Bonchev–Trinajstić information content (AvgIpc) is 2.51. The van der Waals surface area contributed by atoms with Gasteiger partial charge in [-0.3, -0.25) is 4.18 Å². The Hall–Kier alpha value is -0.130. The Morgan fingerprint density at radius 2 is 1.17 bits per heavy atom. The topological polar surface area (TPSA) is 46.6 Å². The van der Waals surface area contributed by atoms with Crippen LogP contribution in [0.3, 0.4) is 0 Å². The summed E-state index contributed by atoms with van der Waals surface area (Å²) in [7, 11) is 0.570. The number of unbranched alkanes of at least 4 members (excludes halogenated alkanes) is 11. The smallest absolute Gasteiger partial charge is 0.267 e. The first-order valence-corrected chi connectivity index (χ1v) is 11.6. The minimum Gasteiger partial charge on any atom is -0.309 e. The predicted molar refractivity (Wildman–Crippen MR) is 104 cm³/mol. The lowest BCUT2D eigenvalue weighted by Gasteiger charge is -2.09. The van der Waals surface area contributed by atoms with E-state index in [1.807, 2.05) is 19.0 Å². The van der Waals surface area contributed by atoms with Crippen LogP contribution in [0.4, 0.5) is 0 Å². The zero-order chi connectivity index (χ0) is 18.1. The van der Waals surface area contributed by atoms with Gasteiger partial charge in [0.2, 0.25) is 0 Å². The van der Waals surface area contributed by atoms with Crippen LogP contribution in [0.5, 0.6) is 0 Å². The lowest BCUT2D eigenvalue weighted by Crippen LogP contribution is -2.18. The highest BCUT2D eigenvalue weighted by atomic mass is 32.2. The molecule has 0 aliphatic rings. The standard InChI is InChI=1S/C19H41NO3S/c1-4-5-6-7-8-9-10-11-12-13-14-15-18-23-24(21,22)19-16-17-20(2)3/h4-19H2,1-3H3. The van der Waals surface area contributed by atoms with Crippen LogP contribution >= 0.6 is 0 Å². The molecule has 0 aliphatic heterocycles. The summed E-state index contributed by atoms with van der Waals surface area (Å²) in [6.45, 7) is 3.38. The fourth-order valence-corrected chi connectivity index (χ4v) is 3.72. The maximum atomic E-state index is 11.7. The molecule has 5 heteroatoms. The Labute approximate surface area is 151 Å². The van der Waals surface area contributed by atoms with E-state index >= 15 is 0 Å². The third kappa shape index (κ3) is 18.2. The zero-order valence-corrected chi connectivity index (χ0v) is 17.2. The maximum absolute atomic E-state index is 11.7. The van der Waals surface area contributed by atoms with E-state index in [2.05, 4.69) is 6.92 Å². The SMILES string of the molecule is CCCCCCCCCCCCCCOS(=O)(=O)CCCN(C)C. The van der Waals surface area contributed by atoms with Crippen molar-refractivity contribution in [2.75, 3.05) is 33.0 Å². The van der Waals surface area contributed by atoms with Gasteiger partial charge >= 0.3 is 0 Å². The number of rotatable bonds is 18. The van der Waals surface area contributed by atoms with Crippen LogP contribution in [0.15, 0.2) is 0 Å². The summed E-state index contributed by atoms with van der Waals surface area (Å²) in [5.41, 5.74) is 0. The van der Waals surface area contributed by atoms with Crippen LogP contribution in [0, 0.1) is 0 Å². The lowest BCUT2D eigenvalue weighted by atomic mass is 10.1. The molecule has 0 radical (unpaired) electrons. The Balaban J connectivity index is 3.29. The molecule has 0 amide bonds. The van der Waals surface area contributed by atoms with Gasteiger partial charge in [-0.2, -0.15) is 8.42 Å². The molecule has 146 valence electrons. The molecule has 0 bridgehead atoms. The molecule has 0 spiro atoms. The molecule has 0 fully saturated rings. The van der Waals surface area contributed by atoms with E-state index in [-0.39, 0.29) is 5.75 Å². The minimum absolute atomic E-state index is 0.128. The van der Waals surface area contributed by atoms with Gasteiger partial charge in [-0.1, -0.05) is 77.6 Å². The van der Waals surface area contributed by atoms with E-state index in [9.17, 15) is 8.42 Å². The Morgan fingerprint density at radius 1 is 0.708 bits per heavy atom. The molecule has 0 atom stereocenters. The highest BCUT2D eigenvalue weighted by molar-refractivity contribution is 7.86. The summed E-state index contributed by atoms with van der Waals surface area (Å²) in [6.07, 6.45) is 15.9. The van der Waals surface area contributed by atoms with Crippen LogP contribution in [-0.2, 0) is 14.3 Å². The molecule has 0 aliphatic carbocycles. The van der Waals surface area contributed by atoms with Crippen LogP contribution in [0.2, 0.25) is 0 Å². The molecule has 0 aromatic heterocycles. The van der Waals surface area contributed by atoms with Gasteiger partial charge in [-0.25, -0.2) is 0 Å². The van der Waals surface area contributed by atoms with E-state index in [0.717, 1.165) is 19.4 Å². The molecule has 0 rings (SSSR count). The summed E-state index contributed by atoms with van der Waals surface area (Å²) in [5.74, 6) is 0.128. The number of hydrogen-bond acceptors (Lipinski definition) is 4. The number of hydrogen-bond donors (Lipinski definition) is 0. The Bertz CT molecular complexity index is 356. The van der Waals surface area contributed by atoms with Gasteiger partial charge in [-0.05, 0) is 33.5 Å². The molecule has 0 heterocycles. The first-order chi connectivity index (χ1) is 11.5. The van der Waals surface area contributed by atoms with Crippen molar-refractivity contribution in [1.29, 1.82) is 0 Å². The molecule has 0 N–H and O–H groups in total. The third-order valence-corrected chi connectivity index (χ3v) is 5.57. The van der Waals surface area contributed by atoms with Gasteiger partial charge in [0, 0.05) is 0 Å². The Kier molecular flexibility index (Phi) is 16.3. The first kappa shape index (κ1) is 23.9. The summed E-state index contributed by atoms with van der Waals surface area (Å²) in [6, 6.07) is 0. The van der Waals surface area contributed by atoms with Crippen LogP contribution in [0.25, 0.3) is 0 Å². The second-order valence-electron chi connectivity index (χ2n) is 7.13. The summed E-state index contributed by atoms with van der Waals surface area (Å²) >= 11 is 0. The molecule has 0 unspecified atom stereocenters. The van der Waals surface area contributed by atoms with Crippen molar-refractivity contribution in [3.63, 3.8) is 0 Å². The number of nitrogens with zero attached hydrogens (tertiary/aromatic N) is 1. The van der Waals surface area contributed by atoms with Crippen LogP contribution in [0.1, 0.15) is 90.4 Å². The molecule has 0 saturated heterocycles. The van der Waals surface area contributed by atoms with Crippen molar-refractivity contribution in [2.24, 2.45) is 0 Å². The van der Waals surface area contributed by atoms with Crippen molar-refractivity contribution >= 4 is 10.1 Å². The summed E-state index contributed by atoms with van der Waals surface area (Å²) < 4.78 is 28.4. The molecule has 0 aromatic rings. The van der Waals surface area contributed by atoms with Crippen molar-refractivity contribution in [3.05, 3.63) is 0 Å². The second-order valence-corrected chi connectivity index (χ2v) is 8.89. The Morgan fingerprint density at radius 3 is 1.62 bits per heavy atom. The van der Waals surface area contributed by atoms with Gasteiger partial charge in [0.1, 0.15) is 0 Å². The van der Waals surface area contributed by atoms with Gasteiger partial charge in [-0.15, -0.1) is 0 Å². The predicted octanol–water partition coefficient (Wildman–Crippen LogP) is 4.99. The zero-order valence-electron chi connectivity index (χ0n) is 16.4. The minimum atomic E-state index is -3.32. The van der Waals surface area contributed by atoms with E-state index in [0.29, 0.717) is 13.0 Å². The van der Waals surface area contributed by atoms with Gasteiger partial charge in [0.15, 0.2) is 0 Å². The summed E-state index contributed by atoms with van der Waals surface area (Å²) in [5, 5.41) is 0. The van der Waals surface area contributed by atoms with E-state index < -0.39 is 10.1 Å². The highest BCUT2D eigenvalue weighted by Gasteiger charge is 2.10. The van der Waals surface area contributed by atoms with Crippen LogP contribution < -0.4 is 0 Å². The van der Waals surface area contributed by atoms with Crippen molar-refractivity contribution < 1.29 is 12.6 Å². The van der Waals surface area contributed by atoms with Crippen LogP contribution in [-0.4, -0.2) is 46.3 Å². The lowest BCUT2D eigenvalue weighted by molar-refractivity contribution is 0.304. The molecular weight excluding hydrogens is 322 g/mol. The second kappa shape index (κ2) is 16.3. The fourth-order valence-electron chi connectivity index (χ4n) is 2.75. The molecular formula is C19H41NO3S. The third-order valence-electron chi connectivity index (χ3n) is 4.26.